The highest BCUT2D eigenvalue weighted by Crippen LogP contribution is 2.47. The summed E-state index contributed by atoms with van der Waals surface area (Å²) in [7, 11) is -1.83. The minimum absolute atomic E-state index is 0.189. The van der Waals surface area contributed by atoms with Crippen molar-refractivity contribution in [1.29, 1.82) is 0 Å². The van der Waals surface area contributed by atoms with Crippen LogP contribution >= 0.6 is 0 Å². The van der Waals surface area contributed by atoms with Gasteiger partial charge in [-0.15, -0.1) is 0 Å². The second-order valence-corrected chi connectivity index (χ2v) is 8.97. The highest BCUT2D eigenvalue weighted by Gasteiger charge is 2.60. The molecule has 0 bridgehead atoms. The van der Waals surface area contributed by atoms with E-state index >= 15 is 0 Å². The molecule has 0 aromatic heterocycles. The second kappa shape index (κ2) is 7.50. The first kappa shape index (κ1) is 20.6. The molecule has 0 aliphatic heterocycles. The van der Waals surface area contributed by atoms with Crippen molar-refractivity contribution >= 4 is 11.0 Å². The molecule has 2 aromatic rings. The molecule has 0 aliphatic carbocycles. The van der Waals surface area contributed by atoms with Crippen molar-refractivity contribution in [2.45, 2.75) is 43.3 Å². The van der Waals surface area contributed by atoms with Crippen LogP contribution in [0, 0.1) is 0 Å². The number of benzene rings is 2. The third-order valence-electron chi connectivity index (χ3n) is 3.98. The summed E-state index contributed by atoms with van der Waals surface area (Å²) in [6, 6.07) is 13.0. The zero-order valence-corrected chi connectivity index (χ0v) is 15.6. The Morgan fingerprint density at radius 3 is 1.81 bits per heavy atom. The van der Waals surface area contributed by atoms with Gasteiger partial charge in [-0.05, 0) is 31.9 Å². The lowest BCUT2D eigenvalue weighted by Gasteiger charge is -2.39. The minimum atomic E-state index is -5.00. The number of halogens is 3. The lowest BCUT2D eigenvalue weighted by atomic mass is 9.82. The van der Waals surface area contributed by atoms with Crippen LogP contribution in [0.1, 0.15) is 37.9 Å². The predicted molar refractivity (Wildman–Crippen MR) is 96.6 cm³/mol. The maximum Gasteiger partial charge on any atom is 0.423 e. The maximum atomic E-state index is 14.1. The fourth-order valence-electron chi connectivity index (χ4n) is 2.51. The van der Waals surface area contributed by atoms with E-state index in [4.69, 9.17) is 0 Å². The molecule has 0 unspecified atom stereocenters. The van der Waals surface area contributed by atoms with Crippen molar-refractivity contribution in [3.8, 4) is 0 Å². The van der Waals surface area contributed by atoms with Gasteiger partial charge < -0.3 is 5.11 Å². The Morgan fingerprint density at radius 1 is 0.923 bits per heavy atom. The quantitative estimate of drug-likeness (QED) is 0.809. The summed E-state index contributed by atoms with van der Waals surface area (Å²) in [5, 5.41) is 10.9. The Kier molecular flexibility index (Phi) is 5.95. The molecule has 0 radical (unpaired) electrons. The van der Waals surface area contributed by atoms with E-state index in [-0.39, 0.29) is 11.1 Å². The summed E-state index contributed by atoms with van der Waals surface area (Å²) in [6.45, 7) is 4.94. The van der Waals surface area contributed by atoms with Gasteiger partial charge >= 0.3 is 6.18 Å². The molecule has 0 heterocycles. The van der Waals surface area contributed by atoms with E-state index in [1.165, 1.54) is 36.4 Å². The number of nitrogens with one attached hydrogen (secondary N) is 1. The van der Waals surface area contributed by atoms with Crippen molar-refractivity contribution < 1.29 is 22.5 Å². The van der Waals surface area contributed by atoms with Gasteiger partial charge in [0.25, 0.3) is 0 Å². The average Bonchev–Trinajstić information content (AvgIpc) is 2.58. The molecule has 2 aromatic carbocycles. The molecule has 26 heavy (non-hydrogen) atoms. The molecule has 142 valence electrons. The first-order valence-corrected chi connectivity index (χ1v) is 9.20. The highest BCUT2D eigenvalue weighted by atomic mass is 32.2. The lowest BCUT2D eigenvalue weighted by Crippen LogP contribution is -2.53. The van der Waals surface area contributed by atoms with Gasteiger partial charge in [0.15, 0.2) is 0 Å². The van der Waals surface area contributed by atoms with Crippen LogP contribution in [0.2, 0.25) is 0 Å². The smallest absolute Gasteiger partial charge is 0.375 e. The van der Waals surface area contributed by atoms with Gasteiger partial charge in [-0.2, -0.15) is 13.2 Å². The van der Waals surface area contributed by atoms with E-state index in [1.807, 2.05) is 0 Å². The third kappa shape index (κ3) is 4.16. The van der Waals surface area contributed by atoms with Crippen LogP contribution < -0.4 is 4.72 Å². The third-order valence-corrected chi connectivity index (χ3v) is 5.54. The van der Waals surface area contributed by atoms with Crippen LogP contribution in [0.5, 0.6) is 0 Å². The van der Waals surface area contributed by atoms with E-state index < -0.39 is 33.6 Å². The fourth-order valence-corrected chi connectivity index (χ4v) is 3.38. The Morgan fingerprint density at radius 2 is 1.38 bits per heavy atom. The molecule has 0 fully saturated rings. The van der Waals surface area contributed by atoms with Crippen molar-refractivity contribution in [2.75, 3.05) is 0 Å². The molecule has 2 rings (SSSR count). The van der Waals surface area contributed by atoms with Crippen molar-refractivity contribution in [3.63, 3.8) is 0 Å². The van der Waals surface area contributed by atoms with E-state index in [0.717, 1.165) is 0 Å². The van der Waals surface area contributed by atoms with Crippen LogP contribution in [0.25, 0.3) is 0 Å². The number of hydrogen-bond acceptors (Lipinski definition) is 2. The number of alkyl halides is 3. The standard InChI is InChI=1S/C19H22F3NO2S/c1-17(2,3)26(25)23-16(14-10-6-4-7-11-14)18(24,19(20,21)22)15-12-8-5-9-13-15/h4-13,16,23-24H,1-3H3/t16-,18+,26+/m0/s1. The topological polar surface area (TPSA) is 49.3 Å². The molecule has 2 N–H and O–H groups in total. The molecule has 3 atom stereocenters. The molecule has 3 nitrogen and oxygen atoms in total. The van der Waals surface area contributed by atoms with Gasteiger partial charge in [0.1, 0.15) is 0 Å². The summed E-state index contributed by atoms with van der Waals surface area (Å²) >= 11 is 0. The molecule has 7 heteroatoms. The molecule has 0 saturated carbocycles. The molecule has 0 spiro atoms. The first-order chi connectivity index (χ1) is 12.0. The number of aliphatic hydroxyl groups is 1. The van der Waals surface area contributed by atoms with Gasteiger partial charge in [-0.25, -0.2) is 8.93 Å². The normalized spacial score (nSPS) is 17.3. The summed E-state index contributed by atoms with van der Waals surface area (Å²) in [4.78, 5) is 0. The predicted octanol–water partition coefficient (Wildman–Crippen LogP) is 4.23. The summed E-state index contributed by atoms with van der Waals surface area (Å²) in [5.41, 5.74) is -3.38. The Balaban J connectivity index is 2.65. The maximum absolute atomic E-state index is 14.1. The molecule has 0 amide bonds. The number of hydrogen-bond donors (Lipinski definition) is 2. The monoisotopic (exact) mass is 385 g/mol. The Bertz CT molecular complexity index is 745. The molecule has 0 saturated heterocycles. The fraction of sp³-hybridized carbons (Fsp3) is 0.368. The minimum Gasteiger partial charge on any atom is -0.375 e. The van der Waals surface area contributed by atoms with Crippen LogP contribution in [0.3, 0.4) is 0 Å². The SMILES string of the molecule is CC(C)(C)[S@@](=O)N[C@@H](c1ccccc1)[C@](O)(c1ccccc1)C(F)(F)F. The van der Waals surface area contributed by atoms with E-state index in [1.54, 1.807) is 45.0 Å². The van der Waals surface area contributed by atoms with E-state index in [0.29, 0.717) is 0 Å². The molecule has 0 aliphatic rings. The van der Waals surface area contributed by atoms with Gasteiger partial charge in [-0.3, -0.25) is 0 Å². The van der Waals surface area contributed by atoms with Crippen molar-refractivity contribution in [3.05, 3.63) is 71.8 Å². The average molecular weight is 385 g/mol. The lowest BCUT2D eigenvalue weighted by molar-refractivity contribution is -0.277. The van der Waals surface area contributed by atoms with Crippen LogP contribution in [0.4, 0.5) is 13.2 Å². The Hall–Kier alpha value is -1.70. The molecular weight excluding hydrogens is 363 g/mol. The van der Waals surface area contributed by atoms with Crippen molar-refractivity contribution in [1.82, 2.24) is 4.72 Å². The first-order valence-electron chi connectivity index (χ1n) is 8.05. The second-order valence-electron chi connectivity index (χ2n) is 6.97. The number of rotatable bonds is 5. The van der Waals surface area contributed by atoms with Crippen molar-refractivity contribution in [2.24, 2.45) is 0 Å². The van der Waals surface area contributed by atoms with Gasteiger partial charge in [0, 0.05) is 0 Å². The van der Waals surface area contributed by atoms with Gasteiger partial charge in [-0.1, -0.05) is 60.7 Å². The Labute approximate surface area is 153 Å². The van der Waals surface area contributed by atoms with Crippen LogP contribution in [0.15, 0.2) is 60.7 Å². The van der Waals surface area contributed by atoms with E-state index in [2.05, 4.69) is 4.72 Å². The highest BCUT2D eigenvalue weighted by molar-refractivity contribution is 7.84. The zero-order chi connectivity index (χ0) is 19.6. The summed E-state index contributed by atoms with van der Waals surface area (Å²) in [5.74, 6) is 0. The van der Waals surface area contributed by atoms with Crippen LogP contribution in [-0.2, 0) is 16.6 Å². The summed E-state index contributed by atoms with van der Waals surface area (Å²) < 4.78 is 56.5. The summed E-state index contributed by atoms with van der Waals surface area (Å²) in [6.07, 6.45) is -5.00. The zero-order valence-electron chi connectivity index (χ0n) is 14.7. The van der Waals surface area contributed by atoms with E-state index in [9.17, 15) is 22.5 Å². The van der Waals surface area contributed by atoms with Gasteiger partial charge in [0.05, 0.1) is 21.8 Å². The van der Waals surface area contributed by atoms with Gasteiger partial charge in [0.2, 0.25) is 5.60 Å². The largest absolute Gasteiger partial charge is 0.423 e. The molecular formula is C19H22F3NO2S. The van der Waals surface area contributed by atoms with Crippen LogP contribution in [-0.4, -0.2) is 20.2 Å².